The number of thioether (sulfide) groups is 1. The molecule has 0 aliphatic carbocycles. The Morgan fingerprint density at radius 2 is 2.07 bits per heavy atom. The molecule has 29 heavy (non-hydrogen) atoms. The zero-order valence-corrected chi connectivity index (χ0v) is 17.6. The van der Waals surface area contributed by atoms with Gasteiger partial charge in [0.1, 0.15) is 5.75 Å². The number of fused-ring (bicyclic) bond motifs is 1. The van der Waals surface area contributed by atoms with E-state index in [-0.39, 0.29) is 11.7 Å². The molecule has 0 bridgehead atoms. The van der Waals surface area contributed by atoms with Crippen LogP contribution >= 0.6 is 23.1 Å². The fourth-order valence-electron chi connectivity index (χ4n) is 2.87. The Hall–Kier alpha value is -2.91. The number of para-hydroxylation sites is 1. The van der Waals surface area contributed by atoms with Gasteiger partial charge in [0, 0.05) is 12.1 Å². The maximum absolute atomic E-state index is 12.4. The van der Waals surface area contributed by atoms with E-state index in [1.165, 1.54) is 23.1 Å². The second kappa shape index (κ2) is 8.62. The molecule has 2 aromatic heterocycles. The molecule has 2 aromatic carbocycles. The topological polar surface area (TPSA) is 81.9 Å². The number of hydrogen-bond acceptors (Lipinski definition) is 7. The molecule has 2 heterocycles. The first-order valence-corrected chi connectivity index (χ1v) is 10.8. The summed E-state index contributed by atoms with van der Waals surface area (Å²) in [6, 6.07) is 15.5. The monoisotopic (exact) mass is 425 g/mol. The van der Waals surface area contributed by atoms with E-state index in [1.54, 1.807) is 7.11 Å². The molecule has 0 fully saturated rings. The minimum Gasteiger partial charge on any atom is -0.497 e. The highest BCUT2D eigenvalue weighted by atomic mass is 32.2. The van der Waals surface area contributed by atoms with E-state index >= 15 is 0 Å². The molecule has 4 aromatic rings. The number of thiazole rings is 1. The van der Waals surface area contributed by atoms with Crippen molar-refractivity contribution in [2.45, 2.75) is 18.6 Å². The maximum Gasteiger partial charge on any atom is 0.236 e. The van der Waals surface area contributed by atoms with Crippen molar-refractivity contribution in [1.82, 2.24) is 19.7 Å². The van der Waals surface area contributed by atoms with Crippen LogP contribution in [-0.4, -0.2) is 38.5 Å². The number of methoxy groups -OCH3 is 1. The summed E-state index contributed by atoms with van der Waals surface area (Å²) in [5, 5.41) is 12.8. The Morgan fingerprint density at radius 3 is 2.86 bits per heavy atom. The van der Waals surface area contributed by atoms with Gasteiger partial charge < -0.3 is 14.6 Å². The minimum absolute atomic E-state index is 0.123. The van der Waals surface area contributed by atoms with Crippen LogP contribution in [0.25, 0.3) is 21.6 Å². The van der Waals surface area contributed by atoms with Crippen LogP contribution in [0.3, 0.4) is 0 Å². The van der Waals surface area contributed by atoms with Crippen LogP contribution in [0.1, 0.15) is 6.92 Å². The van der Waals surface area contributed by atoms with Crippen LogP contribution in [0.5, 0.6) is 5.75 Å². The molecule has 0 saturated carbocycles. The van der Waals surface area contributed by atoms with Gasteiger partial charge in [-0.1, -0.05) is 47.4 Å². The Bertz CT molecular complexity index is 1120. The molecule has 0 aliphatic heterocycles. The van der Waals surface area contributed by atoms with Gasteiger partial charge >= 0.3 is 0 Å². The number of nitrogens with one attached hydrogen (secondary N) is 1. The molecule has 0 aliphatic rings. The van der Waals surface area contributed by atoms with Gasteiger partial charge in [-0.3, -0.25) is 4.79 Å². The SMILES string of the molecule is CCn1c(SCC(=O)Nc2nc3ccccc3s2)nnc1-c1cccc(OC)c1. The van der Waals surface area contributed by atoms with Crippen LogP contribution < -0.4 is 10.1 Å². The van der Waals surface area contributed by atoms with E-state index in [9.17, 15) is 4.79 Å². The highest BCUT2D eigenvalue weighted by Crippen LogP contribution is 2.28. The molecule has 0 unspecified atom stereocenters. The summed E-state index contributed by atoms with van der Waals surface area (Å²) in [6.07, 6.45) is 0. The predicted octanol–water partition coefficient (Wildman–Crippen LogP) is 4.31. The molecular weight excluding hydrogens is 406 g/mol. The summed E-state index contributed by atoms with van der Waals surface area (Å²) >= 11 is 2.82. The highest BCUT2D eigenvalue weighted by molar-refractivity contribution is 7.99. The van der Waals surface area contributed by atoms with Crippen molar-refractivity contribution in [2.24, 2.45) is 0 Å². The average molecular weight is 426 g/mol. The summed E-state index contributed by atoms with van der Waals surface area (Å²) < 4.78 is 8.33. The summed E-state index contributed by atoms with van der Waals surface area (Å²) in [6.45, 7) is 2.72. The fraction of sp³-hybridized carbons (Fsp3) is 0.200. The van der Waals surface area contributed by atoms with Crippen LogP contribution in [0.2, 0.25) is 0 Å². The van der Waals surface area contributed by atoms with E-state index < -0.39 is 0 Å². The van der Waals surface area contributed by atoms with Gasteiger partial charge in [0.15, 0.2) is 16.1 Å². The van der Waals surface area contributed by atoms with Crippen molar-refractivity contribution in [3.63, 3.8) is 0 Å². The quantitative estimate of drug-likeness (QED) is 0.444. The minimum atomic E-state index is -0.123. The number of carbonyl (C=O) groups excluding carboxylic acids is 1. The van der Waals surface area contributed by atoms with Crippen molar-refractivity contribution in [3.05, 3.63) is 48.5 Å². The van der Waals surface area contributed by atoms with Gasteiger partial charge in [-0.25, -0.2) is 4.98 Å². The van der Waals surface area contributed by atoms with Gasteiger partial charge in [-0.05, 0) is 31.2 Å². The third-order valence-electron chi connectivity index (χ3n) is 4.23. The number of nitrogens with zero attached hydrogens (tertiary/aromatic N) is 4. The summed E-state index contributed by atoms with van der Waals surface area (Å²) in [5.41, 5.74) is 1.80. The second-order valence-corrected chi connectivity index (χ2v) is 8.08. The molecule has 9 heteroatoms. The number of rotatable bonds is 7. The first-order valence-electron chi connectivity index (χ1n) is 9.03. The zero-order valence-electron chi connectivity index (χ0n) is 16.0. The van der Waals surface area contributed by atoms with E-state index in [0.717, 1.165) is 27.4 Å². The number of anilines is 1. The van der Waals surface area contributed by atoms with E-state index in [2.05, 4.69) is 20.5 Å². The van der Waals surface area contributed by atoms with Gasteiger partial charge in [0.2, 0.25) is 5.91 Å². The van der Waals surface area contributed by atoms with Crippen molar-refractivity contribution in [3.8, 4) is 17.1 Å². The molecule has 7 nitrogen and oxygen atoms in total. The predicted molar refractivity (Wildman–Crippen MR) is 117 cm³/mol. The van der Waals surface area contributed by atoms with E-state index in [4.69, 9.17) is 4.74 Å². The maximum atomic E-state index is 12.4. The first-order chi connectivity index (χ1) is 14.2. The summed E-state index contributed by atoms with van der Waals surface area (Å²) in [7, 11) is 1.63. The summed E-state index contributed by atoms with van der Waals surface area (Å²) in [4.78, 5) is 16.8. The lowest BCUT2D eigenvalue weighted by atomic mass is 10.2. The standard InChI is InChI=1S/C20H19N5O2S2/c1-3-25-18(13-7-6-8-14(11-13)27-2)23-24-20(25)28-12-17(26)22-19-21-15-9-4-5-10-16(15)29-19/h4-11H,3,12H2,1-2H3,(H,21,22,26). The number of carbonyl (C=O) groups is 1. The Labute approximate surface area is 176 Å². The van der Waals surface area contributed by atoms with E-state index in [0.29, 0.717) is 16.8 Å². The van der Waals surface area contributed by atoms with Gasteiger partial charge in [0.25, 0.3) is 0 Å². The molecule has 1 amide bonds. The molecular formula is C20H19N5O2S2. The molecule has 0 spiro atoms. The zero-order chi connectivity index (χ0) is 20.2. The normalized spacial score (nSPS) is 11.0. The van der Waals surface area contributed by atoms with Crippen LogP contribution in [-0.2, 0) is 11.3 Å². The van der Waals surface area contributed by atoms with Gasteiger partial charge in [0.05, 0.1) is 23.1 Å². The van der Waals surface area contributed by atoms with Gasteiger partial charge in [-0.2, -0.15) is 0 Å². The van der Waals surface area contributed by atoms with Crippen molar-refractivity contribution >= 4 is 44.4 Å². The first kappa shape index (κ1) is 19.4. The largest absolute Gasteiger partial charge is 0.497 e. The highest BCUT2D eigenvalue weighted by Gasteiger charge is 2.16. The lowest BCUT2D eigenvalue weighted by molar-refractivity contribution is -0.113. The van der Waals surface area contributed by atoms with Gasteiger partial charge in [-0.15, -0.1) is 10.2 Å². The Morgan fingerprint density at radius 1 is 1.21 bits per heavy atom. The molecule has 4 rings (SSSR count). The van der Waals surface area contributed by atoms with Crippen molar-refractivity contribution < 1.29 is 9.53 Å². The smallest absolute Gasteiger partial charge is 0.236 e. The third kappa shape index (κ3) is 4.25. The third-order valence-corrected chi connectivity index (χ3v) is 6.15. The summed E-state index contributed by atoms with van der Waals surface area (Å²) in [5.74, 6) is 1.62. The Balaban J connectivity index is 1.45. The van der Waals surface area contributed by atoms with Crippen molar-refractivity contribution in [2.75, 3.05) is 18.2 Å². The second-order valence-electron chi connectivity index (χ2n) is 6.11. The van der Waals surface area contributed by atoms with Crippen LogP contribution in [0, 0.1) is 0 Å². The molecule has 1 N–H and O–H groups in total. The lowest BCUT2D eigenvalue weighted by Crippen LogP contribution is -2.14. The van der Waals surface area contributed by atoms with Crippen LogP contribution in [0.15, 0.2) is 53.7 Å². The number of hydrogen-bond donors (Lipinski definition) is 1. The molecule has 0 radical (unpaired) electrons. The van der Waals surface area contributed by atoms with Crippen molar-refractivity contribution in [1.29, 1.82) is 0 Å². The molecule has 0 atom stereocenters. The number of amides is 1. The number of aromatic nitrogens is 4. The number of benzene rings is 2. The lowest BCUT2D eigenvalue weighted by Gasteiger charge is -2.08. The molecule has 148 valence electrons. The fourth-order valence-corrected chi connectivity index (χ4v) is 4.55. The van der Waals surface area contributed by atoms with E-state index in [1.807, 2.05) is 60.0 Å². The van der Waals surface area contributed by atoms with Crippen LogP contribution in [0.4, 0.5) is 5.13 Å². The average Bonchev–Trinajstić information content (AvgIpc) is 3.35. The molecule has 0 saturated heterocycles. The Kier molecular flexibility index (Phi) is 5.77. The number of ether oxygens (including phenoxy) is 1.